The monoisotopic (exact) mass is 373 g/mol. The molecule has 2 saturated heterocycles. The fourth-order valence-corrected chi connectivity index (χ4v) is 5.55. The van der Waals surface area contributed by atoms with Crippen molar-refractivity contribution in [2.24, 2.45) is 0 Å². The molecule has 4 rings (SSSR count). The summed E-state index contributed by atoms with van der Waals surface area (Å²) in [6.07, 6.45) is 0. The van der Waals surface area contributed by atoms with E-state index in [0.29, 0.717) is 11.4 Å². The lowest BCUT2D eigenvalue weighted by molar-refractivity contribution is -0.384. The van der Waals surface area contributed by atoms with Crippen LogP contribution in [0.1, 0.15) is 0 Å². The number of carbonyl (C=O) groups excluding carboxylic acids is 1. The zero-order valence-electron chi connectivity index (χ0n) is 13.6. The number of fused-ring (bicyclic) bond motifs is 1. The SMILES string of the molecule is O=C1N(c2ccccc2)C2CS(=O)(=O)CC2N1c1ccc([N+](=O)[O-])cc1. The molecule has 2 aliphatic rings. The van der Waals surface area contributed by atoms with Crippen LogP contribution in [0, 0.1) is 10.1 Å². The van der Waals surface area contributed by atoms with E-state index in [1.807, 2.05) is 6.07 Å². The number of para-hydroxylation sites is 1. The molecule has 0 aliphatic carbocycles. The number of sulfone groups is 1. The lowest BCUT2D eigenvalue weighted by atomic mass is 10.1. The molecule has 9 heteroatoms. The van der Waals surface area contributed by atoms with Crippen LogP contribution in [0.2, 0.25) is 0 Å². The van der Waals surface area contributed by atoms with Gasteiger partial charge in [-0.3, -0.25) is 19.9 Å². The Kier molecular flexibility index (Phi) is 3.69. The van der Waals surface area contributed by atoms with Gasteiger partial charge in [-0.05, 0) is 24.3 Å². The number of benzene rings is 2. The fourth-order valence-electron chi connectivity index (χ4n) is 3.63. The van der Waals surface area contributed by atoms with Crippen molar-refractivity contribution in [2.75, 3.05) is 21.3 Å². The minimum absolute atomic E-state index is 0.0871. The van der Waals surface area contributed by atoms with Gasteiger partial charge in [0.05, 0.1) is 28.5 Å². The second kappa shape index (κ2) is 5.80. The van der Waals surface area contributed by atoms with Crippen molar-refractivity contribution in [1.82, 2.24) is 0 Å². The Hall–Kier alpha value is -2.94. The number of nitro benzene ring substituents is 1. The Labute approximate surface area is 149 Å². The lowest BCUT2D eigenvalue weighted by Gasteiger charge is -2.22. The van der Waals surface area contributed by atoms with Crippen molar-refractivity contribution in [2.45, 2.75) is 12.1 Å². The van der Waals surface area contributed by atoms with Crippen molar-refractivity contribution in [3.63, 3.8) is 0 Å². The van der Waals surface area contributed by atoms with Crippen LogP contribution in [0.3, 0.4) is 0 Å². The number of non-ortho nitro benzene ring substituents is 1. The molecule has 2 atom stereocenters. The van der Waals surface area contributed by atoms with E-state index in [4.69, 9.17) is 0 Å². The number of rotatable bonds is 3. The van der Waals surface area contributed by atoms with Crippen molar-refractivity contribution in [1.29, 1.82) is 0 Å². The largest absolute Gasteiger partial charge is 0.329 e. The highest BCUT2D eigenvalue weighted by Gasteiger charge is 2.54. The molecule has 2 fully saturated rings. The van der Waals surface area contributed by atoms with Gasteiger partial charge in [0.25, 0.3) is 5.69 Å². The first kappa shape index (κ1) is 16.5. The molecule has 0 spiro atoms. The van der Waals surface area contributed by atoms with E-state index in [1.54, 1.807) is 24.3 Å². The van der Waals surface area contributed by atoms with Gasteiger partial charge in [0, 0.05) is 23.5 Å². The summed E-state index contributed by atoms with van der Waals surface area (Å²) in [6, 6.07) is 13.2. The Morgan fingerprint density at radius 1 is 0.885 bits per heavy atom. The Morgan fingerprint density at radius 2 is 1.38 bits per heavy atom. The number of urea groups is 1. The maximum Gasteiger partial charge on any atom is 0.329 e. The van der Waals surface area contributed by atoms with E-state index >= 15 is 0 Å². The summed E-state index contributed by atoms with van der Waals surface area (Å²) < 4.78 is 24.4. The third-order valence-electron chi connectivity index (χ3n) is 4.74. The highest BCUT2D eigenvalue weighted by molar-refractivity contribution is 7.91. The summed E-state index contributed by atoms with van der Waals surface area (Å²) in [5.74, 6) is -0.217. The summed E-state index contributed by atoms with van der Waals surface area (Å²) in [5, 5.41) is 10.8. The smallest absolute Gasteiger partial charge is 0.288 e. The predicted octanol–water partition coefficient (Wildman–Crippen LogP) is 2.21. The van der Waals surface area contributed by atoms with E-state index < -0.39 is 26.8 Å². The maximum absolute atomic E-state index is 13.1. The number of nitrogens with zero attached hydrogens (tertiary/aromatic N) is 3. The summed E-state index contributed by atoms with van der Waals surface area (Å²) in [7, 11) is -3.28. The van der Waals surface area contributed by atoms with Crippen molar-refractivity contribution in [3.8, 4) is 0 Å². The number of hydrogen-bond donors (Lipinski definition) is 0. The minimum atomic E-state index is -3.28. The molecule has 2 heterocycles. The van der Waals surface area contributed by atoms with Gasteiger partial charge in [0.1, 0.15) is 0 Å². The van der Waals surface area contributed by atoms with Gasteiger partial charge >= 0.3 is 6.03 Å². The lowest BCUT2D eigenvalue weighted by Crippen LogP contribution is -2.37. The van der Waals surface area contributed by atoms with Crippen molar-refractivity contribution in [3.05, 3.63) is 64.7 Å². The average Bonchev–Trinajstić information content (AvgIpc) is 3.04. The van der Waals surface area contributed by atoms with Gasteiger partial charge in [-0.2, -0.15) is 0 Å². The van der Waals surface area contributed by atoms with Crippen molar-refractivity contribution < 1.29 is 18.1 Å². The standard InChI is InChI=1S/C17H15N3O5S/c21-17-18(12-4-2-1-3-5-12)15-10-26(24,25)11-16(15)19(17)13-6-8-14(9-7-13)20(22)23/h1-9,15-16H,10-11H2. The van der Waals surface area contributed by atoms with Gasteiger partial charge in [0.15, 0.2) is 9.84 Å². The molecular weight excluding hydrogens is 358 g/mol. The Morgan fingerprint density at radius 3 is 1.88 bits per heavy atom. The molecule has 0 bridgehead atoms. The second-order valence-corrected chi connectivity index (χ2v) is 8.50. The minimum Gasteiger partial charge on any atom is -0.288 e. The molecule has 2 aromatic rings. The van der Waals surface area contributed by atoms with Gasteiger partial charge in [-0.15, -0.1) is 0 Å². The molecule has 8 nitrogen and oxygen atoms in total. The number of amides is 2. The van der Waals surface area contributed by atoms with Gasteiger partial charge < -0.3 is 0 Å². The summed E-state index contributed by atoms with van der Waals surface area (Å²) in [5.41, 5.74) is 0.996. The van der Waals surface area contributed by atoms with Crippen molar-refractivity contribution >= 4 is 32.9 Å². The van der Waals surface area contributed by atoms with Crippen LogP contribution in [-0.2, 0) is 9.84 Å². The molecule has 0 radical (unpaired) electrons. The molecule has 2 unspecified atom stereocenters. The number of nitro groups is 1. The maximum atomic E-state index is 13.1. The topological polar surface area (TPSA) is 101 Å². The van der Waals surface area contributed by atoms with Crippen LogP contribution in [0.25, 0.3) is 0 Å². The molecule has 26 heavy (non-hydrogen) atoms. The van der Waals surface area contributed by atoms with Crippen LogP contribution in [0.5, 0.6) is 0 Å². The quantitative estimate of drug-likeness (QED) is 0.466. The van der Waals surface area contributed by atoms with Crippen LogP contribution in [0.4, 0.5) is 21.9 Å². The highest BCUT2D eigenvalue weighted by atomic mass is 32.2. The van der Waals surface area contributed by atoms with E-state index in [2.05, 4.69) is 0 Å². The molecule has 0 N–H and O–H groups in total. The molecular formula is C17H15N3O5S. The first-order chi connectivity index (χ1) is 12.4. The van der Waals surface area contributed by atoms with E-state index in [-0.39, 0.29) is 23.2 Å². The van der Waals surface area contributed by atoms with Crippen LogP contribution in [-0.4, -0.2) is 43.0 Å². The van der Waals surface area contributed by atoms with Gasteiger partial charge in [0.2, 0.25) is 0 Å². The second-order valence-electron chi connectivity index (χ2n) is 6.34. The van der Waals surface area contributed by atoms with E-state index in [9.17, 15) is 23.3 Å². The molecule has 134 valence electrons. The first-order valence-corrected chi connectivity index (χ1v) is 9.82. The summed E-state index contributed by atoms with van der Waals surface area (Å²) in [6.45, 7) is 0. The number of carbonyl (C=O) groups is 1. The molecule has 2 amide bonds. The highest BCUT2D eigenvalue weighted by Crippen LogP contribution is 2.38. The molecule has 0 aromatic heterocycles. The molecule has 2 aromatic carbocycles. The normalized spacial score (nSPS) is 23.9. The van der Waals surface area contributed by atoms with Crippen LogP contribution >= 0.6 is 0 Å². The summed E-state index contributed by atoms with van der Waals surface area (Å²) >= 11 is 0. The van der Waals surface area contributed by atoms with E-state index in [1.165, 1.54) is 34.1 Å². The first-order valence-electron chi connectivity index (χ1n) is 8.00. The van der Waals surface area contributed by atoms with Crippen LogP contribution < -0.4 is 9.80 Å². The predicted molar refractivity (Wildman–Crippen MR) is 96.1 cm³/mol. The number of hydrogen-bond acceptors (Lipinski definition) is 5. The fraction of sp³-hybridized carbons (Fsp3) is 0.235. The Bertz CT molecular complexity index is 975. The van der Waals surface area contributed by atoms with Crippen LogP contribution in [0.15, 0.2) is 54.6 Å². The zero-order valence-corrected chi connectivity index (χ0v) is 14.4. The molecule has 2 aliphatic heterocycles. The number of anilines is 2. The van der Waals surface area contributed by atoms with Gasteiger partial charge in [-0.1, -0.05) is 18.2 Å². The molecule has 0 saturated carbocycles. The van der Waals surface area contributed by atoms with E-state index in [0.717, 1.165) is 0 Å². The summed E-state index contributed by atoms with van der Waals surface area (Å²) in [4.78, 5) is 26.3. The third kappa shape index (κ3) is 2.60. The Balaban J connectivity index is 1.77. The van der Waals surface area contributed by atoms with Gasteiger partial charge in [-0.25, -0.2) is 13.2 Å². The zero-order chi connectivity index (χ0) is 18.5. The third-order valence-corrected chi connectivity index (χ3v) is 6.44. The average molecular weight is 373 g/mol.